The maximum Gasteiger partial charge on any atom is 3.00 e. The summed E-state index contributed by atoms with van der Waals surface area (Å²) in [6.07, 6.45) is 0. The van der Waals surface area contributed by atoms with E-state index < -0.39 is 17.9 Å². The second-order valence-electron chi connectivity index (χ2n) is 9.95. The molecular formula is C36H27InO6. The topological polar surface area (TPSA) is 120 Å². The van der Waals surface area contributed by atoms with Gasteiger partial charge in [-0.05, 0) is 53.1 Å². The Morgan fingerprint density at radius 2 is 0.674 bits per heavy atom. The zero-order valence-corrected chi connectivity index (χ0v) is 27.2. The number of carbonyl (C=O) groups is 3. The Morgan fingerprint density at radius 3 is 0.907 bits per heavy atom. The van der Waals surface area contributed by atoms with Gasteiger partial charge in [0.05, 0.1) is 17.9 Å². The van der Waals surface area contributed by atoms with Crippen molar-refractivity contribution in [3.05, 3.63) is 143 Å². The van der Waals surface area contributed by atoms with Crippen LogP contribution in [-0.4, -0.2) is 43.8 Å². The van der Waals surface area contributed by atoms with Crippen LogP contribution >= 0.6 is 0 Å². The molecule has 6 rings (SSSR count). The largest absolute Gasteiger partial charge is 3.00 e. The van der Waals surface area contributed by atoms with Crippen LogP contribution in [0.3, 0.4) is 0 Å². The van der Waals surface area contributed by atoms with E-state index in [2.05, 4.69) is 0 Å². The van der Waals surface area contributed by atoms with Crippen LogP contribution in [0.15, 0.2) is 109 Å². The summed E-state index contributed by atoms with van der Waals surface area (Å²) >= 11 is 0. The smallest absolute Gasteiger partial charge is 0.545 e. The Kier molecular flexibility index (Phi) is 11.1. The number of rotatable bonds is 3. The molecule has 0 amide bonds. The standard InChI is InChI=1S/3C12H10O2.In/c3*1-8-5-6-9-3-2-4-10(12(13)14)11(9)7-8;/h3*2-7H,1H3,(H,13,14);/q;;;+3/p-3. The van der Waals surface area contributed by atoms with Crippen molar-refractivity contribution in [2.75, 3.05) is 0 Å². The van der Waals surface area contributed by atoms with E-state index in [1.807, 2.05) is 93.6 Å². The maximum absolute atomic E-state index is 10.8. The van der Waals surface area contributed by atoms with Crippen LogP contribution in [0.1, 0.15) is 47.8 Å². The quantitative estimate of drug-likeness (QED) is 0.279. The van der Waals surface area contributed by atoms with Crippen LogP contribution in [0.5, 0.6) is 0 Å². The minimum Gasteiger partial charge on any atom is -0.545 e. The minimum absolute atomic E-state index is 0. The van der Waals surface area contributed by atoms with Crippen LogP contribution < -0.4 is 15.3 Å². The number of benzene rings is 6. The van der Waals surface area contributed by atoms with E-state index in [9.17, 15) is 29.7 Å². The maximum atomic E-state index is 10.8. The van der Waals surface area contributed by atoms with E-state index >= 15 is 0 Å². The van der Waals surface area contributed by atoms with Crippen molar-refractivity contribution >= 4 is 76.1 Å². The third kappa shape index (κ3) is 8.02. The normalized spacial score (nSPS) is 10.1. The fourth-order valence-electron chi connectivity index (χ4n) is 4.69. The van der Waals surface area contributed by atoms with Gasteiger partial charge in [-0.3, -0.25) is 0 Å². The summed E-state index contributed by atoms with van der Waals surface area (Å²) in [7, 11) is 0. The molecule has 0 N–H and O–H groups in total. The predicted molar refractivity (Wildman–Crippen MR) is 165 cm³/mol. The van der Waals surface area contributed by atoms with Gasteiger partial charge >= 0.3 is 25.8 Å². The molecule has 0 fully saturated rings. The molecule has 0 saturated carbocycles. The molecule has 0 aliphatic carbocycles. The Bertz CT molecular complexity index is 1740. The van der Waals surface area contributed by atoms with E-state index in [4.69, 9.17) is 0 Å². The first-order valence-electron chi connectivity index (χ1n) is 13.2. The second-order valence-corrected chi connectivity index (χ2v) is 9.95. The molecule has 6 nitrogen and oxygen atoms in total. The van der Waals surface area contributed by atoms with Crippen molar-refractivity contribution in [2.45, 2.75) is 20.8 Å². The Morgan fingerprint density at radius 1 is 0.419 bits per heavy atom. The Hall–Kier alpha value is -4.62. The summed E-state index contributed by atoms with van der Waals surface area (Å²) in [4.78, 5) is 32.4. The van der Waals surface area contributed by atoms with Gasteiger partial charge in [0, 0.05) is 16.7 Å². The third-order valence-electron chi connectivity index (χ3n) is 6.77. The summed E-state index contributed by atoms with van der Waals surface area (Å²) in [6, 6.07) is 32.8. The van der Waals surface area contributed by atoms with Crippen LogP contribution in [-0.2, 0) is 0 Å². The average molecular weight is 670 g/mol. The fourth-order valence-corrected chi connectivity index (χ4v) is 4.69. The van der Waals surface area contributed by atoms with E-state index in [1.165, 1.54) is 0 Å². The van der Waals surface area contributed by atoms with Crippen molar-refractivity contribution in [3.63, 3.8) is 0 Å². The molecule has 0 radical (unpaired) electrons. The van der Waals surface area contributed by atoms with Gasteiger partial charge in [-0.1, -0.05) is 126 Å². The van der Waals surface area contributed by atoms with Crippen molar-refractivity contribution in [1.82, 2.24) is 0 Å². The number of carboxylic acid groups (broad SMARTS) is 3. The molecule has 210 valence electrons. The van der Waals surface area contributed by atoms with Crippen molar-refractivity contribution in [1.29, 1.82) is 0 Å². The second kappa shape index (κ2) is 14.5. The number of carboxylic acids is 3. The first-order chi connectivity index (χ1) is 20.0. The van der Waals surface area contributed by atoms with E-state index in [0.29, 0.717) is 0 Å². The first-order valence-corrected chi connectivity index (χ1v) is 13.2. The number of hydrogen-bond acceptors (Lipinski definition) is 6. The molecule has 0 aliphatic rings. The van der Waals surface area contributed by atoms with E-state index in [1.54, 1.807) is 36.4 Å². The van der Waals surface area contributed by atoms with Gasteiger partial charge < -0.3 is 29.7 Å². The molecular weight excluding hydrogens is 643 g/mol. The van der Waals surface area contributed by atoms with Gasteiger partial charge in [-0.15, -0.1) is 0 Å². The van der Waals surface area contributed by atoms with Gasteiger partial charge in [0.2, 0.25) is 0 Å². The minimum atomic E-state index is -1.12. The Balaban J connectivity index is 0.000000175. The number of aromatic carboxylic acids is 3. The van der Waals surface area contributed by atoms with Crippen LogP contribution in [0.2, 0.25) is 0 Å². The monoisotopic (exact) mass is 670 g/mol. The summed E-state index contributed by atoms with van der Waals surface area (Å²) in [5.74, 6) is -3.37. The van der Waals surface area contributed by atoms with Crippen molar-refractivity contribution < 1.29 is 29.7 Å². The van der Waals surface area contributed by atoms with Crippen LogP contribution in [0.25, 0.3) is 32.3 Å². The predicted octanol–water partition coefficient (Wildman–Crippen LogP) is 4.15. The molecule has 0 saturated heterocycles. The van der Waals surface area contributed by atoms with Gasteiger partial charge in [0.1, 0.15) is 0 Å². The molecule has 43 heavy (non-hydrogen) atoms. The number of hydrogen-bond donors (Lipinski definition) is 0. The zero-order chi connectivity index (χ0) is 30.4. The van der Waals surface area contributed by atoms with Gasteiger partial charge in [-0.2, -0.15) is 0 Å². The van der Waals surface area contributed by atoms with Gasteiger partial charge in [-0.25, -0.2) is 0 Å². The van der Waals surface area contributed by atoms with E-state index in [-0.39, 0.29) is 42.5 Å². The number of aryl methyl sites for hydroxylation is 3. The summed E-state index contributed by atoms with van der Waals surface area (Å²) in [5.41, 5.74) is 3.91. The summed E-state index contributed by atoms with van der Waals surface area (Å²) in [5, 5.41) is 37.5. The molecule has 0 unspecified atom stereocenters. The van der Waals surface area contributed by atoms with E-state index in [0.717, 1.165) is 49.0 Å². The van der Waals surface area contributed by atoms with Crippen LogP contribution in [0.4, 0.5) is 0 Å². The number of carbonyl (C=O) groups excluding carboxylic acids is 3. The average Bonchev–Trinajstić information content (AvgIpc) is 2.96. The SMILES string of the molecule is Cc1ccc2cccc(C(=O)[O-])c2c1.Cc1ccc2cccc(C(=O)[O-])c2c1.Cc1ccc2cccc(C(=O)[O-])c2c1.[In+3]. The molecule has 0 aliphatic heterocycles. The molecule has 6 aromatic carbocycles. The fraction of sp³-hybridized carbons (Fsp3) is 0.0833. The van der Waals surface area contributed by atoms with Crippen LogP contribution in [0, 0.1) is 20.8 Å². The molecule has 7 heteroatoms. The molecule has 0 aromatic heterocycles. The molecule has 0 bridgehead atoms. The zero-order valence-electron chi connectivity index (χ0n) is 23.9. The number of fused-ring (bicyclic) bond motifs is 3. The van der Waals surface area contributed by atoms with Gasteiger partial charge in [0.25, 0.3) is 0 Å². The van der Waals surface area contributed by atoms with Crippen molar-refractivity contribution in [3.8, 4) is 0 Å². The third-order valence-corrected chi connectivity index (χ3v) is 6.77. The molecule has 0 heterocycles. The van der Waals surface area contributed by atoms with Gasteiger partial charge in [0.15, 0.2) is 0 Å². The summed E-state index contributed by atoms with van der Waals surface area (Å²) in [6.45, 7) is 5.81. The molecule has 6 aromatic rings. The van der Waals surface area contributed by atoms with Crippen molar-refractivity contribution in [2.24, 2.45) is 0 Å². The Labute approximate surface area is 268 Å². The summed E-state index contributed by atoms with van der Waals surface area (Å²) < 4.78 is 0. The first kappa shape index (κ1) is 32.9. The molecule has 0 spiro atoms. The molecule has 0 atom stereocenters.